The maximum absolute atomic E-state index is 12.4. The molecule has 0 aliphatic heterocycles. The zero-order chi connectivity index (χ0) is 13.5. The number of fused-ring (bicyclic) bond motifs is 2. The van der Waals surface area contributed by atoms with E-state index in [2.05, 4.69) is 0 Å². The Bertz CT molecular complexity index is 476. The molecule has 4 unspecified atom stereocenters. The van der Waals surface area contributed by atoms with Crippen LogP contribution in [0.15, 0.2) is 11.1 Å². The average molecular weight is 250 g/mol. The minimum atomic E-state index is -0.914. The number of carbonyl (C=O) groups excluding carboxylic acids is 1. The van der Waals surface area contributed by atoms with Crippen molar-refractivity contribution in [3.8, 4) is 0 Å². The third-order valence-corrected chi connectivity index (χ3v) is 5.97. The minimum Gasteiger partial charge on any atom is -0.393 e. The molecule has 3 heteroatoms. The highest BCUT2D eigenvalue weighted by molar-refractivity contribution is 6.04. The van der Waals surface area contributed by atoms with Gasteiger partial charge in [0.2, 0.25) is 0 Å². The van der Waals surface area contributed by atoms with E-state index in [4.69, 9.17) is 0 Å². The summed E-state index contributed by atoms with van der Waals surface area (Å²) < 4.78 is 0. The summed E-state index contributed by atoms with van der Waals surface area (Å²) in [6.07, 6.45) is 1.10. The van der Waals surface area contributed by atoms with E-state index in [1.165, 1.54) is 0 Å². The molecule has 0 bridgehead atoms. The largest absolute Gasteiger partial charge is 0.393 e. The van der Waals surface area contributed by atoms with Crippen molar-refractivity contribution in [3.63, 3.8) is 0 Å². The molecule has 3 nitrogen and oxygen atoms in total. The first-order chi connectivity index (χ1) is 8.13. The number of hydrogen-bond donors (Lipinski definition) is 2. The standard InChI is InChI=1S/C15H22O3/c1-8-11(16)7-15(18)5-9-10(14(8,15)4)6-13(2,3)12(9)17/h8,11,16,18H,5-7H2,1-4H3. The molecule has 0 aromatic rings. The number of Topliss-reactive ketones (excluding diaryl/α,β-unsaturated/α-hetero) is 1. The predicted octanol–water partition coefficient (Wildman–Crippen LogP) is 1.82. The highest BCUT2D eigenvalue weighted by atomic mass is 16.3. The van der Waals surface area contributed by atoms with Crippen LogP contribution in [-0.4, -0.2) is 27.7 Å². The molecule has 3 aliphatic carbocycles. The van der Waals surface area contributed by atoms with E-state index in [9.17, 15) is 15.0 Å². The van der Waals surface area contributed by atoms with E-state index in [1.807, 2.05) is 27.7 Å². The van der Waals surface area contributed by atoms with Gasteiger partial charge in [-0.25, -0.2) is 0 Å². The first-order valence-electron chi connectivity index (χ1n) is 6.81. The van der Waals surface area contributed by atoms with Crippen molar-refractivity contribution in [1.82, 2.24) is 0 Å². The topological polar surface area (TPSA) is 57.5 Å². The van der Waals surface area contributed by atoms with Gasteiger partial charge in [-0.05, 0) is 17.9 Å². The van der Waals surface area contributed by atoms with E-state index >= 15 is 0 Å². The van der Waals surface area contributed by atoms with Gasteiger partial charge in [-0.15, -0.1) is 0 Å². The second kappa shape index (κ2) is 3.07. The lowest BCUT2D eigenvalue weighted by molar-refractivity contribution is -0.123. The fourth-order valence-corrected chi connectivity index (χ4v) is 4.51. The van der Waals surface area contributed by atoms with Crippen molar-refractivity contribution < 1.29 is 15.0 Å². The minimum absolute atomic E-state index is 0.0108. The summed E-state index contributed by atoms with van der Waals surface area (Å²) in [5.41, 5.74) is 0.295. The van der Waals surface area contributed by atoms with Gasteiger partial charge in [-0.2, -0.15) is 0 Å². The maximum atomic E-state index is 12.4. The lowest BCUT2D eigenvalue weighted by atomic mass is 9.67. The van der Waals surface area contributed by atoms with Gasteiger partial charge in [0.1, 0.15) is 0 Å². The first-order valence-corrected chi connectivity index (χ1v) is 6.81. The molecule has 0 radical (unpaired) electrons. The van der Waals surface area contributed by atoms with Crippen LogP contribution in [0.5, 0.6) is 0 Å². The Labute approximate surface area is 108 Å². The quantitative estimate of drug-likeness (QED) is 0.689. The highest BCUT2D eigenvalue weighted by Gasteiger charge is 2.67. The van der Waals surface area contributed by atoms with Gasteiger partial charge in [0.25, 0.3) is 0 Å². The Kier molecular flexibility index (Phi) is 2.11. The molecule has 0 heterocycles. The fourth-order valence-electron chi connectivity index (χ4n) is 4.51. The predicted molar refractivity (Wildman–Crippen MR) is 67.9 cm³/mol. The number of aliphatic hydroxyl groups is 2. The van der Waals surface area contributed by atoms with E-state index in [0.29, 0.717) is 12.8 Å². The molecule has 18 heavy (non-hydrogen) atoms. The molecule has 0 spiro atoms. The Hall–Kier alpha value is -0.670. The van der Waals surface area contributed by atoms with Crippen LogP contribution in [0.25, 0.3) is 0 Å². The summed E-state index contributed by atoms with van der Waals surface area (Å²) in [5, 5.41) is 21.0. The number of rotatable bonds is 0. The molecule has 1 saturated carbocycles. The summed E-state index contributed by atoms with van der Waals surface area (Å²) in [6.45, 7) is 7.98. The first kappa shape index (κ1) is 12.4. The van der Waals surface area contributed by atoms with Crippen molar-refractivity contribution in [2.24, 2.45) is 16.7 Å². The smallest absolute Gasteiger partial charge is 0.164 e. The van der Waals surface area contributed by atoms with Gasteiger partial charge in [-0.1, -0.05) is 33.3 Å². The van der Waals surface area contributed by atoms with Crippen LogP contribution in [-0.2, 0) is 4.79 Å². The second-order valence-electron chi connectivity index (χ2n) is 7.32. The maximum Gasteiger partial charge on any atom is 0.164 e. The lowest BCUT2D eigenvalue weighted by Gasteiger charge is -2.40. The Morgan fingerprint density at radius 2 is 1.83 bits per heavy atom. The number of ketones is 1. The molecular formula is C15H22O3. The van der Waals surface area contributed by atoms with Crippen molar-refractivity contribution >= 4 is 5.78 Å². The Morgan fingerprint density at radius 1 is 1.22 bits per heavy atom. The monoisotopic (exact) mass is 250 g/mol. The number of carbonyl (C=O) groups is 1. The van der Waals surface area contributed by atoms with E-state index in [1.54, 1.807) is 0 Å². The van der Waals surface area contributed by atoms with Gasteiger partial charge >= 0.3 is 0 Å². The van der Waals surface area contributed by atoms with Crippen LogP contribution in [0.4, 0.5) is 0 Å². The normalized spacial score (nSPS) is 49.8. The lowest BCUT2D eigenvalue weighted by Crippen LogP contribution is -2.43. The van der Waals surface area contributed by atoms with E-state index in [0.717, 1.165) is 17.6 Å². The Morgan fingerprint density at radius 3 is 2.44 bits per heavy atom. The van der Waals surface area contributed by atoms with E-state index in [-0.39, 0.29) is 17.1 Å². The SMILES string of the molecule is CC1C(O)CC2(O)CC3=C(CC(C)(C)C3=O)C12C. The highest BCUT2D eigenvalue weighted by Crippen LogP contribution is 2.66. The third kappa shape index (κ3) is 1.11. The summed E-state index contributed by atoms with van der Waals surface area (Å²) in [4.78, 5) is 12.4. The molecule has 3 rings (SSSR count). The zero-order valence-electron chi connectivity index (χ0n) is 11.6. The molecule has 0 saturated heterocycles. The van der Waals surface area contributed by atoms with Crippen LogP contribution in [0, 0.1) is 16.7 Å². The van der Waals surface area contributed by atoms with Crippen LogP contribution in [0.2, 0.25) is 0 Å². The molecule has 4 atom stereocenters. The molecule has 100 valence electrons. The summed E-state index contributed by atoms with van der Waals surface area (Å²) in [5.74, 6) is 0.208. The van der Waals surface area contributed by atoms with E-state index < -0.39 is 17.1 Å². The van der Waals surface area contributed by atoms with Crippen LogP contribution < -0.4 is 0 Å². The molecule has 1 fully saturated rings. The molecule has 2 N–H and O–H groups in total. The fraction of sp³-hybridized carbons (Fsp3) is 0.800. The van der Waals surface area contributed by atoms with Gasteiger partial charge in [0.15, 0.2) is 5.78 Å². The van der Waals surface area contributed by atoms with Crippen molar-refractivity contribution in [3.05, 3.63) is 11.1 Å². The summed E-state index contributed by atoms with van der Waals surface area (Å²) in [6, 6.07) is 0. The number of aliphatic hydroxyl groups excluding tert-OH is 1. The van der Waals surface area contributed by atoms with Crippen LogP contribution >= 0.6 is 0 Å². The third-order valence-electron chi connectivity index (χ3n) is 5.97. The van der Waals surface area contributed by atoms with Gasteiger partial charge < -0.3 is 10.2 Å². The van der Waals surface area contributed by atoms with Crippen molar-refractivity contribution in [2.45, 2.75) is 58.7 Å². The Balaban J connectivity index is 2.12. The van der Waals surface area contributed by atoms with Gasteiger partial charge in [0.05, 0.1) is 11.7 Å². The molecule has 0 aromatic carbocycles. The molecule has 3 aliphatic rings. The number of hydrogen-bond acceptors (Lipinski definition) is 3. The van der Waals surface area contributed by atoms with Crippen molar-refractivity contribution in [1.29, 1.82) is 0 Å². The zero-order valence-corrected chi connectivity index (χ0v) is 11.6. The van der Waals surface area contributed by atoms with Gasteiger partial charge in [0, 0.05) is 23.7 Å². The molecule has 0 aromatic heterocycles. The van der Waals surface area contributed by atoms with Gasteiger partial charge in [-0.3, -0.25) is 4.79 Å². The summed E-state index contributed by atoms with van der Waals surface area (Å²) in [7, 11) is 0. The van der Waals surface area contributed by atoms with Crippen LogP contribution in [0.3, 0.4) is 0 Å². The summed E-state index contributed by atoms with van der Waals surface area (Å²) >= 11 is 0. The second-order valence-corrected chi connectivity index (χ2v) is 7.32. The van der Waals surface area contributed by atoms with Crippen LogP contribution in [0.1, 0.15) is 47.0 Å². The molecular weight excluding hydrogens is 228 g/mol. The molecule has 0 amide bonds. The van der Waals surface area contributed by atoms with Crippen molar-refractivity contribution in [2.75, 3.05) is 0 Å². The average Bonchev–Trinajstić information content (AvgIpc) is 2.67.